The molecule has 2 nitrogen and oxygen atoms in total. The van der Waals surface area contributed by atoms with Crippen LogP contribution in [0, 0.1) is 5.92 Å². The van der Waals surface area contributed by atoms with Gasteiger partial charge in [0.1, 0.15) is 0 Å². The van der Waals surface area contributed by atoms with Crippen molar-refractivity contribution in [2.45, 2.75) is 20.3 Å². The highest BCUT2D eigenvalue weighted by molar-refractivity contribution is 5.52. The number of ether oxygens (including phenoxy) is 1. The molecular weight excluding hydrogens is 258 g/mol. The molecule has 0 aromatic heterocycles. The largest absolute Gasteiger partial charge is 0.382 e. The zero-order valence-corrected chi connectivity index (χ0v) is 13.0. The molecule has 0 aliphatic carbocycles. The van der Waals surface area contributed by atoms with E-state index in [4.69, 9.17) is 4.74 Å². The van der Waals surface area contributed by atoms with Crippen LogP contribution in [0.1, 0.15) is 25.0 Å². The van der Waals surface area contributed by atoms with E-state index in [1.807, 2.05) is 0 Å². The minimum atomic E-state index is 0.593. The predicted octanol–water partition coefficient (Wildman–Crippen LogP) is 4.36. The molecule has 0 bridgehead atoms. The maximum Gasteiger partial charge on any atom is 0.0639 e. The van der Waals surface area contributed by atoms with Crippen molar-refractivity contribution in [1.82, 2.24) is 0 Å². The van der Waals surface area contributed by atoms with Gasteiger partial charge in [-0.05, 0) is 29.5 Å². The van der Waals surface area contributed by atoms with Crippen molar-refractivity contribution in [2.75, 3.05) is 25.1 Å². The van der Waals surface area contributed by atoms with Crippen LogP contribution >= 0.6 is 0 Å². The van der Waals surface area contributed by atoms with Crippen molar-refractivity contribution in [3.8, 4) is 0 Å². The third-order valence-electron chi connectivity index (χ3n) is 3.27. The second-order valence-corrected chi connectivity index (χ2v) is 5.72. The van der Waals surface area contributed by atoms with E-state index >= 15 is 0 Å². The van der Waals surface area contributed by atoms with Crippen LogP contribution in [0.3, 0.4) is 0 Å². The summed E-state index contributed by atoms with van der Waals surface area (Å²) in [5.74, 6) is 0.593. The first-order valence-electron chi connectivity index (χ1n) is 7.69. The van der Waals surface area contributed by atoms with Gasteiger partial charge in [0.25, 0.3) is 0 Å². The summed E-state index contributed by atoms with van der Waals surface area (Å²) in [5.41, 5.74) is 3.87. The third kappa shape index (κ3) is 5.60. The summed E-state index contributed by atoms with van der Waals surface area (Å²) in [6.45, 7) is 6.76. The van der Waals surface area contributed by atoms with Crippen molar-refractivity contribution in [3.63, 3.8) is 0 Å². The molecule has 0 saturated heterocycles. The van der Waals surface area contributed by atoms with Gasteiger partial charge in [-0.15, -0.1) is 0 Å². The zero-order valence-electron chi connectivity index (χ0n) is 13.0. The number of hydrogen-bond acceptors (Lipinski definition) is 2. The Kier molecular flexibility index (Phi) is 6.29. The quantitative estimate of drug-likeness (QED) is 0.727. The Labute approximate surface area is 128 Å². The Morgan fingerprint density at radius 3 is 2.43 bits per heavy atom. The van der Waals surface area contributed by atoms with E-state index in [1.165, 1.54) is 16.8 Å². The molecule has 2 aromatic carbocycles. The van der Waals surface area contributed by atoms with Crippen LogP contribution < -0.4 is 5.32 Å². The van der Waals surface area contributed by atoms with E-state index in [0.29, 0.717) is 5.92 Å². The summed E-state index contributed by atoms with van der Waals surface area (Å²) >= 11 is 0. The lowest BCUT2D eigenvalue weighted by molar-refractivity contribution is 0.118. The van der Waals surface area contributed by atoms with Gasteiger partial charge in [0.2, 0.25) is 0 Å². The molecule has 112 valence electrons. The Balaban J connectivity index is 1.88. The molecule has 0 atom stereocenters. The van der Waals surface area contributed by atoms with Crippen LogP contribution in [0.15, 0.2) is 54.6 Å². The number of benzene rings is 2. The van der Waals surface area contributed by atoms with Gasteiger partial charge < -0.3 is 10.1 Å². The lowest BCUT2D eigenvalue weighted by atomic mass is 10.0. The summed E-state index contributed by atoms with van der Waals surface area (Å²) in [5, 5.41) is 3.48. The topological polar surface area (TPSA) is 21.3 Å². The molecule has 0 radical (unpaired) electrons. The van der Waals surface area contributed by atoms with E-state index < -0.39 is 0 Å². The maximum absolute atomic E-state index is 5.61. The molecule has 0 saturated carbocycles. The molecule has 2 heteroatoms. The van der Waals surface area contributed by atoms with Gasteiger partial charge in [-0.2, -0.15) is 0 Å². The van der Waals surface area contributed by atoms with E-state index in [9.17, 15) is 0 Å². The summed E-state index contributed by atoms with van der Waals surface area (Å²) in [7, 11) is 0. The van der Waals surface area contributed by atoms with Crippen molar-refractivity contribution < 1.29 is 4.74 Å². The van der Waals surface area contributed by atoms with Crippen LogP contribution in [0.2, 0.25) is 0 Å². The zero-order chi connectivity index (χ0) is 14.9. The normalized spacial score (nSPS) is 10.8. The summed E-state index contributed by atoms with van der Waals surface area (Å²) in [4.78, 5) is 0. The second kappa shape index (κ2) is 8.48. The number of nitrogens with one attached hydrogen (secondary N) is 1. The van der Waals surface area contributed by atoms with Gasteiger partial charge in [-0.25, -0.2) is 0 Å². The molecule has 0 fully saturated rings. The number of rotatable bonds is 8. The maximum atomic E-state index is 5.61. The van der Waals surface area contributed by atoms with Crippen molar-refractivity contribution in [2.24, 2.45) is 5.92 Å². The fourth-order valence-electron chi connectivity index (χ4n) is 2.24. The molecule has 0 heterocycles. The van der Waals surface area contributed by atoms with Crippen LogP contribution in [-0.2, 0) is 11.2 Å². The van der Waals surface area contributed by atoms with E-state index in [0.717, 1.165) is 26.2 Å². The molecule has 0 spiro atoms. The van der Waals surface area contributed by atoms with Gasteiger partial charge in [-0.3, -0.25) is 0 Å². The van der Waals surface area contributed by atoms with Crippen LogP contribution in [0.25, 0.3) is 0 Å². The Morgan fingerprint density at radius 2 is 1.67 bits per heavy atom. The number of hydrogen-bond donors (Lipinski definition) is 1. The summed E-state index contributed by atoms with van der Waals surface area (Å²) in [6.07, 6.45) is 0.955. The number of anilines is 1. The second-order valence-electron chi connectivity index (χ2n) is 5.72. The molecule has 0 amide bonds. The first-order valence-corrected chi connectivity index (χ1v) is 7.69. The van der Waals surface area contributed by atoms with Crippen LogP contribution in [0.5, 0.6) is 0 Å². The fourth-order valence-corrected chi connectivity index (χ4v) is 2.24. The standard InChI is InChI=1S/C19H25NO/c1-16(2)15-21-13-12-20-19-11-7-6-10-18(19)14-17-8-4-3-5-9-17/h3-11,16,20H,12-15H2,1-2H3. The molecule has 21 heavy (non-hydrogen) atoms. The lowest BCUT2D eigenvalue weighted by Crippen LogP contribution is -2.13. The van der Waals surface area contributed by atoms with Gasteiger partial charge in [0.15, 0.2) is 0 Å². The SMILES string of the molecule is CC(C)COCCNc1ccccc1Cc1ccccc1. The average molecular weight is 283 g/mol. The van der Waals surface area contributed by atoms with Crippen molar-refractivity contribution in [1.29, 1.82) is 0 Å². The highest BCUT2D eigenvalue weighted by atomic mass is 16.5. The smallest absolute Gasteiger partial charge is 0.0639 e. The Bertz CT molecular complexity index is 522. The van der Waals surface area contributed by atoms with Crippen molar-refractivity contribution >= 4 is 5.69 Å². The molecule has 1 N–H and O–H groups in total. The van der Waals surface area contributed by atoms with Gasteiger partial charge in [-0.1, -0.05) is 62.4 Å². The predicted molar refractivity (Wildman–Crippen MR) is 89.8 cm³/mol. The lowest BCUT2D eigenvalue weighted by Gasteiger charge is -2.13. The summed E-state index contributed by atoms with van der Waals surface area (Å²) < 4.78 is 5.61. The minimum Gasteiger partial charge on any atom is -0.382 e. The molecular formula is C19H25NO. The molecule has 0 unspecified atom stereocenters. The van der Waals surface area contributed by atoms with Crippen molar-refractivity contribution in [3.05, 3.63) is 65.7 Å². The van der Waals surface area contributed by atoms with Gasteiger partial charge in [0.05, 0.1) is 6.61 Å². The molecule has 2 rings (SSSR count). The van der Waals surface area contributed by atoms with E-state index in [-0.39, 0.29) is 0 Å². The molecule has 0 aliphatic heterocycles. The number of para-hydroxylation sites is 1. The van der Waals surface area contributed by atoms with E-state index in [2.05, 4.69) is 73.8 Å². The van der Waals surface area contributed by atoms with Crippen LogP contribution in [0.4, 0.5) is 5.69 Å². The van der Waals surface area contributed by atoms with Gasteiger partial charge in [0, 0.05) is 18.8 Å². The Hall–Kier alpha value is -1.80. The third-order valence-corrected chi connectivity index (χ3v) is 3.27. The van der Waals surface area contributed by atoms with Gasteiger partial charge >= 0.3 is 0 Å². The summed E-state index contributed by atoms with van der Waals surface area (Å²) in [6, 6.07) is 19.1. The molecule has 0 aliphatic rings. The Morgan fingerprint density at radius 1 is 0.952 bits per heavy atom. The van der Waals surface area contributed by atoms with E-state index in [1.54, 1.807) is 0 Å². The highest BCUT2D eigenvalue weighted by Crippen LogP contribution is 2.18. The monoisotopic (exact) mass is 283 g/mol. The first kappa shape index (κ1) is 15.6. The molecule has 2 aromatic rings. The minimum absolute atomic E-state index is 0.593. The highest BCUT2D eigenvalue weighted by Gasteiger charge is 2.02. The fraction of sp³-hybridized carbons (Fsp3) is 0.368. The van der Waals surface area contributed by atoms with Crippen LogP contribution in [-0.4, -0.2) is 19.8 Å². The average Bonchev–Trinajstić information content (AvgIpc) is 2.49. The first-order chi connectivity index (χ1) is 10.3.